The van der Waals surface area contributed by atoms with Gasteiger partial charge in [0.25, 0.3) is 6.43 Å². The van der Waals surface area contributed by atoms with E-state index in [1.54, 1.807) is 26.0 Å². The van der Waals surface area contributed by atoms with Crippen molar-refractivity contribution in [1.82, 2.24) is 24.8 Å². The highest BCUT2D eigenvalue weighted by Gasteiger charge is 2.41. The molecular formula is C29H38ClF2N5O3. The van der Waals surface area contributed by atoms with Crippen molar-refractivity contribution >= 4 is 23.4 Å². The predicted octanol–water partition coefficient (Wildman–Crippen LogP) is 5.90. The van der Waals surface area contributed by atoms with E-state index in [1.807, 2.05) is 9.80 Å². The van der Waals surface area contributed by atoms with Gasteiger partial charge in [0.15, 0.2) is 0 Å². The molecule has 1 aromatic heterocycles. The summed E-state index contributed by atoms with van der Waals surface area (Å²) in [5.74, 6) is 0.880. The average Bonchev–Trinajstić information content (AvgIpc) is 3.54. The van der Waals surface area contributed by atoms with Crippen molar-refractivity contribution in [2.75, 3.05) is 19.6 Å². The van der Waals surface area contributed by atoms with Crippen LogP contribution in [0.25, 0.3) is 0 Å². The molecule has 2 aromatic rings. The molecule has 3 atom stereocenters. The van der Waals surface area contributed by atoms with Gasteiger partial charge in [0.2, 0.25) is 11.8 Å². The summed E-state index contributed by atoms with van der Waals surface area (Å²) in [5, 5.41) is 8.48. The summed E-state index contributed by atoms with van der Waals surface area (Å²) in [7, 11) is 0. The van der Waals surface area contributed by atoms with Crippen molar-refractivity contribution in [1.29, 1.82) is 0 Å². The number of halogens is 3. The van der Waals surface area contributed by atoms with Crippen LogP contribution in [0, 0.1) is 11.8 Å². The van der Waals surface area contributed by atoms with E-state index in [9.17, 15) is 18.4 Å². The number of carbonyl (C=O) groups excluding carboxylic acids is 2. The minimum absolute atomic E-state index is 0.0599. The number of fused-ring (bicyclic) bond motifs is 1. The quantitative estimate of drug-likeness (QED) is 0.390. The van der Waals surface area contributed by atoms with Gasteiger partial charge in [-0.05, 0) is 63.1 Å². The molecule has 3 aliphatic rings. The minimum atomic E-state index is -2.75. The Morgan fingerprint density at radius 3 is 2.60 bits per heavy atom. The van der Waals surface area contributed by atoms with Crippen LogP contribution in [0.5, 0.6) is 5.75 Å². The summed E-state index contributed by atoms with van der Waals surface area (Å²) in [5.41, 5.74) is 1.43. The van der Waals surface area contributed by atoms with Crippen LogP contribution in [-0.2, 0) is 22.6 Å². The predicted molar refractivity (Wildman–Crippen MR) is 146 cm³/mol. The number of aromatic nitrogens is 3. The molecule has 0 radical (unpaired) electrons. The number of nitrogens with zero attached hydrogens (tertiary/aromatic N) is 5. The highest BCUT2D eigenvalue weighted by molar-refractivity contribution is 6.31. The largest absolute Gasteiger partial charge is 0.487 e. The summed E-state index contributed by atoms with van der Waals surface area (Å²) in [6.07, 6.45) is 3.13. The Labute approximate surface area is 239 Å². The van der Waals surface area contributed by atoms with Gasteiger partial charge in [0.1, 0.15) is 23.7 Å². The zero-order valence-electron chi connectivity index (χ0n) is 23.4. The first-order chi connectivity index (χ1) is 19.2. The molecule has 0 N–H and O–H groups in total. The Balaban J connectivity index is 1.50. The van der Waals surface area contributed by atoms with Gasteiger partial charge in [-0.25, -0.2) is 13.5 Å². The van der Waals surface area contributed by atoms with Crippen molar-refractivity contribution in [3.8, 4) is 5.75 Å². The fourth-order valence-corrected chi connectivity index (χ4v) is 6.81. The fourth-order valence-electron chi connectivity index (χ4n) is 6.55. The maximum absolute atomic E-state index is 14.0. The van der Waals surface area contributed by atoms with Crippen LogP contribution in [0.2, 0.25) is 5.02 Å². The third-order valence-electron chi connectivity index (χ3n) is 8.71. The lowest BCUT2D eigenvalue weighted by atomic mass is 9.78. The Morgan fingerprint density at radius 2 is 1.93 bits per heavy atom. The number of alkyl halides is 2. The van der Waals surface area contributed by atoms with Gasteiger partial charge in [-0.2, -0.15) is 0 Å². The average molecular weight is 578 g/mol. The number of hydrogen-bond acceptors (Lipinski definition) is 5. The fraction of sp³-hybridized carbons (Fsp3) is 0.655. The van der Waals surface area contributed by atoms with E-state index in [0.717, 1.165) is 43.2 Å². The summed E-state index contributed by atoms with van der Waals surface area (Å²) < 4.78 is 35.3. The molecule has 1 saturated heterocycles. The molecule has 2 fully saturated rings. The normalized spacial score (nSPS) is 23.3. The molecule has 2 amide bonds. The van der Waals surface area contributed by atoms with Crippen molar-refractivity contribution in [2.24, 2.45) is 11.8 Å². The number of hydrogen-bond donors (Lipinski definition) is 0. The molecule has 2 aliphatic heterocycles. The van der Waals surface area contributed by atoms with Crippen LogP contribution in [0.4, 0.5) is 8.78 Å². The third kappa shape index (κ3) is 5.56. The number of ether oxygens (including phenoxy) is 1. The van der Waals surface area contributed by atoms with Gasteiger partial charge in [0.05, 0.1) is 6.04 Å². The van der Waals surface area contributed by atoms with Crippen molar-refractivity contribution < 1.29 is 23.1 Å². The maximum Gasteiger partial charge on any atom is 0.282 e. The molecule has 40 heavy (non-hydrogen) atoms. The van der Waals surface area contributed by atoms with Crippen LogP contribution in [0.15, 0.2) is 12.1 Å². The van der Waals surface area contributed by atoms with Gasteiger partial charge >= 0.3 is 0 Å². The first-order valence-electron chi connectivity index (χ1n) is 14.4. The number of amides is 2. The van der Waals surface area contributed by atoms with E-state index in [-0.39, 0.29) is 41.8 Å². The molecule has 1 saturated carbocycles. The van der Waals surface area contributed by atoms with Crippen molar-refractivity contribution in [3.05, 3.63) is 39.7 Å². The molecule has 0 bridgehead atoms. The molecule has 8 nitrogen and oxygen atoms in total. The number of likely N-dealkylation sites (tertiary alicyclic amines) is 1. The molecular weight excluding hydrogens is 540 g/mol. The first kappa shape index (κ1) is 28.8. The van der Waals surface area contributed by atoms with Gasteiger partial charge in [-0.1, -0.05) is 36.6 Å². The zero-order valence-corrected chi connectivity index (χ0v) is 24.2. The molecule has 0 unspecified atom stereocenters. The van der Waals surface area contributed by atoms with Gasteiger partial charge in [0, 0.05) is 48.6 Å². The van der Waals surface area contributed by atoms with Crippen LogP contribution in [-0.4, -0.2) is 56.2 Å². The third-order valence-corrected chi connectivity index (χ3v) is 9.07. The monoisotopic (exact) mass is 577 g/mol. The minimum Gasteiger partial charge on any atom is -0.487 e. The van der Waals surface area contributed by atoms with Crippen LogP contribution in [0.3, 0.4) is 0 Å². The summed E-state index contributed by atoms with van der Waals surface area (Å²) in [4.78, 5) is 30.5. The summed E-state index contributed by atoms with van der Waals surface area (Å²) in [6, 6.07) is 2.75. The van der Waals surface area contributed by atoms with Gasteiger partial charge in [-0.15, -0.1) is 5.10 Å². The second-order valence-corrected chi connectivity index (χ2v) is 12.0. The Morgan fingerprint density at radius 1 is 1.15 bits per heavy atom. The summed E-state index contributed by atoms with van der Waals surface area (Å²) in [6.45, 7) is 6.97. The zero-order chi connectivity index (χ0) is 28.6. The van der Waals surface area contributed by atoms with Gasteiger partial charge < -0.3 is 14.5 Å². The van der Waals surface area contributed by atoms with Crippen LogP contribution < -0.4 is 4.74 Å². The van der Waals surface area contributed by atoms with Crippen molar-refractivity contribution in [2.45, 2.75) is 90.8 Å². The van der Waals surface area contributed by atoms with E-state index in [1.165, 1.54) is 4.68 Å². The SMILES string of the molecule is CC(C)n1nnc(COc2ccc(Cl)c3c2[C@@H](CN2CCCC2=O)N(C(=O)[C@@H]2CCCC[C@@H]2C)CC3)c1C(F)F. The molecule has 1 aliphatic carbocycles. The molecule has 5 rings (SSSR count). The second-order valence-electron chi connectivity index (χ2n) is 11.6. The van der Waals surface area contributed by atoms with E-state index in [4.69, 9.17) is 16.3 Å². The molecule has 1 aromatic carbocycles. The summed E-state index contributed by atoms with van der Waals surface area (Å²) >= 11 is 6.68. The Kier molecular flexibility index (Phi) is 8.63. The van der Waals surface area contributed by atoms with E-state index in [2.05, 4.69) is 17.2 Å². The van der Waals surface area contributed by atoms with E-state index in [0.29, 0.717) is 49.2 Å². The van der Waals surface area contributed by atoms with E-state index < -0.39 is 12.5 Å². The highest BCUT2D eigenvalue weighted by Crippen LogP contribution is 2.43. The molecule has 218 valence electrons. The molecule has 11 heteroatoms. The standard InChI is InChI=1S/C29H38ClF2N5O3/c1-17(2)37-27(28(31)32)22(33-34-37)16-40-24-11-10-21(30)20-12-14-36(29(39)19-8-5-4-7-18(19)3)23(26(20)24)15-35-13-6-9-25(35)38/h10-11,17-19,23,28H,4-9,12-16H2,1-3H3/t18-,19+,23+/m0/s1. The number of benzene rings is 1. The highest BCUT2D eigenvalue weighted by atomic mass is 35.5. The topological polar surface area (TPSA) is 80.6 Å². The number of rotatable bonds is 8. The molecule has 0 spiro atoms. The van der Waals surface area contributed by atoms with Gasteiger partial charge in [-0.3, -0.25) is 9.59 Å². The second kappa shape index (κ2) is 12.0. The lowest BCUT2D eigenvalue weighted by Gasteiger charge is -2.43. The van der Waals surface area contributed by atoms with E-state index >= 15 is 0 Å². The van der Waals surface area contributed by atoms with Crippen LogP contribution >= 0.6 is 11.6 Å². The Bertz CT molecular complexity index is 1250. The lowest BCUT2D eigenvalue weighted by Crippen LogP contribution is -2.49. The van der Waals surface area contributed by atoms with Crippen LogP contribution in [0.1, 0.15) is 100 Å². The Hall–Kier alpha value is -2.75. The van der Waals surface area contributed by atoms with Crippen molar-refractivity contribution in [3.63, 3.8) is 0 Å². The maximum atomic E-state index is 14.0. The lowest BCUT2D eigenvalue weighted by molar-refractivity contribution is -0.143. The smallest absolute Gasteiger partial charge is 0.282 e. The number of carbonyl (C=O) groups is 2. The molecule has 3 heterocycles. The first-order valence-corrected chi connectivity index (χ1v) is 14.8.